The minimum atomic E-state index is -3.69. The lowest BCUT2D eigenvalue weighted by Crippen LogP contribution is -2.24. The van der Waals surface area contributed by atoms with E-state index >= 15 is 0 Å². The van der Waals surface area contributed by atoms with Crippen molar-refractivity contribution < 1.29 is 17.7 Å². The summed E-state index contributed by atoms with van der Waals surface area (Å²) in [5, 5.41) is 3.75. The molecule has 0 saturated carbocycles. The maximum Gasteiger partial charge on any atom is 0.244 e. The summed E-state index contributed by atoms with van der Waals surface area (Å²) in [6, 6.07) is 4.99. The second-order valence-corrected chi connectivity index (χ2v) is 6.58. The van der Waals surface area contributed by atoms with E-state index in [0.717, 1.165) is 11.1 Å². The lowest BCUT2D eigenvalue weighted by atomic mass is 10.1. The first-order chi connectivity index (χ1) is 9.83. The fourth-order valence-corrected chi connectivity index (χ4v) is 3.11. The number of sulfonamides is 1. The molecule has 0 atom stereocenters. The molecule has 0 radical (unpaired) electrons. The molecular formula is C14H18N2O4S. The van der Waals surface area contributed by atoms with Crippen molar-refractivity contribution in [3.63, 3.8) is 0 Å². The minimum Gasteiger partial charge on any atom is -0.495 e. The molecule has 0 unspecified atom stereocenters. The Bertz CT molecular complexity index is 750. The molecule has 0 aliphatic rings. The van der Waals surface area contributed by atoms with Crippen LogP contribution in [-0.2, 0) is 16.6 Å². The molecule has 0 spiro atoms. The van der Waals surface area contributed by atoms with Crippen LogP contribution in [0.4, 0.5) is 0 Å². The third-order valence-corrected chi connectivity index (χ3v) is 4.61. The Labute approximate surface area is 124 Å². The van der Waals surface area contributed by atoms with Crippen LogP contribution >= 0.6 is 0 Å². The molecule has 0 aliphatic heterocycles. The van der Waals surface area contributed by atoms with E-state index in [1.807, 2.05) is 13.8 Å². The van der Waals surface area contributed by atoms with Crippen molar-refractivity contribution in [1.82, 2.24) is 9.88 Å². The summed E-state index contributed by atoms with van der Waals surface area (Å²) >= 11 is 0. The molecule has 2 rings (SSSR count). The van der Waals surface area contributed by atoms with E-state index in [1.54, 1.807) is 25.1 Å². The highest BCUT2D eigenvalue weighted by Gasteiger charge is 2.20. The van der Waals surface area contributed by atoms with Crippen LogP contribution in [0.2, 0.25) is 0 Å². The van der Waals surface area contributed by atoms with Crippen LogP contribution in [0, 0.1) is 20.8 Å². The van der Waals surface area contributed by atoms with Crippen molar-refractivity contribution in [3.05, 3.63) is 40.8 Å². The molecule has 0 aliphatic carbocycles. The zero-order chi connectivity index (χ0) is 15.6. The third kappa shape index (κ3) is 3.43. The normalized spacial score (nSPS) is 11.6. The van der Waals surface area contributed by atoms with E-state index < -0.39 is 10.0 Å². The van der Waals surface area contributed by atoms with Gasteiger partial charge in [-0.1, -0.05) is 5.16 Å². The summed E-state index contributed by atoms with van der Waals surface area (Å²) in [5.74, 6) is 0.954. The van der Waals surface area contributed by atoms with Gasteiger partial charge in [-0.3, -0.25) is 0 Å². The number of nitrogens with one attached hydrogen (secondary N) is 1. The molecule has 1 aromatic carbocycles. The molecule has 0 saturated heterocycles. The zero-order valence-electron chi connectivity index (χ0n) is 12.4. The topological polar surface area (TPSA) is 81.4 Å². The Hall–Kier alpha value is -1.86. The average Bonchev–Trinajstić information content (AvgIpc) is 2.85. The second-order valence-electron chi connectivity index (χ2n) is 4.84. The predicted octanol–water partition coefficient (Wildman–Crippen LogP) is 2.09. The number of rotatable bonds is 5. The van der Waals surface area contributed by atoms with Gasteiger partial charge in [0, 0.05) is 6.07 Å². The Balaban J connectivity index is 2.28. The summed E-state index contributed by atoms with van der Waals surface area (Å²) in [7, 11) is -2.24. The molecule has 1 N–H and O–H groups in total. The van der Waals surface area contributed by atoms with Gasteiger partial charge in [-0.2, -0.15) is 0 Å². The van der Waals surface area contributed by atoms with Gasteiger partial charge < -0.3 is 9.26 Å². The maximum absolute atomic E-state index is 12.4. The highest BCUT2D eigenvalue weighted by Crippen LogP contribution is 2.27. The highest BCUT2D eigenvalue weighted by molar-refractivity contribution is 7.89. The molecule has 114 valence electrons. The SMILES string of the molecule is COc1cc(C)c(C)cc1S(=O)(=O)NCc1cc(C)on1. The van der Waals surface area contributed by atoms with Gasteiger partial charge in [0.1, 0.15) is 16.4 Å². The Morgan fingerprint density at radius 1 is 1.19 bits per heavy atom. The first-order valence-corrected chi connectivity index (χ1v) is 7.89. The molecule has 1 heterocycles. The largest absolute Gasteiger partial charge is 0.495 e. The number of aromatic nitrogens is 1. The molecule has 2 aromatic rings. The minimum absolute atomic E-state index is 0.0652. The van der Waals surface area contributed by atoms with Crippen LogP contribution in [0.5, 0.6) is 5.75 Å². The van der Waals surface area contributed by atoms with Crippen LogP contribution in [0.25, 0.3) is 0 Å². The molecule has 1 aromatic heterocycles. The Morgan fingerprint density at radius 2 is 1.86 bits per heavy atom. The van der Waals surface area contributed by atoms with E-state index in [4.69, 9.17) is 9.26 Å². The number of benzene rings is 1. The monoisotopic (exact) mass is 310 g/mol. The Kier molecular flexibility index (Phi) is 4.34. The lowest BCUT2D eigenvalue weighted by Gasteiger charge is -2.12. The maximum atomic E-state index is 12.4. The van der Waals surface area contributed by atoms with Gasteiger partial charge in [-0.25, -0.2) is 13.1 Å². The fourth-order valence-electron chi connectivity index (χ4n) is 1.88. The molecule has 7 heteroatoms. The third-order valence-electron chi connectivity index (χ3n) is 3.19. The number of hydrogen-bond acceptors (Lipinski definition) is 5. The summed E-state index contributed by atoms with van der Waals surface area (Å²) in [5.41, 5.74) is 2.38. The van der Waals surface area contributed by atoms with Crippen LogP contribution in [0.1, 0.15) is 22.6 Å². The Morgan fingerprint density at radius 3 is 2.43 bits per heavy atom. The molecular weight excluding hydrogens is 292 g/mol. The van der Waals surface area contributed by atoms with Crippen molar-refractivity contribution >= 4 is 10.0 Å². The van der Waals surface area contributed by atoms with Crippen molar-refractivity contribution in [2.24, 2.45) is 0 Å². The molecule has 6 nitrogen and oxygen atoms in total. The number of nitrogens with zero attached hydrogens (tertiary/aromatic N) is 1. The zero-order valence-corrected chi connectivity index (χ0v) is 13.2. The van der Waals surface area contributed by atoms with E-state index in [2.05, 4.69) is 9.88 Å². The quantitative estimate of drug-likeness (QED) is 0.914. The van der Waals surface area contributed by atoms with E-state index in [0.29, 0.717) is 17.2 Å². The van der Waals surface area contributed by atoms with E-state index in [9.17, 15) is 8.42 Å². The van der Waals surface area contributed by atoms with Gasteiger partial charge in [0.15, 0.2) is 0 Å². The van der Waals surface area contributed by atoms with Crippen LogP contribution in [0.15, 0.2) is 27.6 Å². The van der Waals surface area contributed by atoms with Crippen molar-refractivity contribution in [3.8, 4) is 5.75 Å². The number of methoxy groups -OCH3 is 1. The average molecular weight is 310 g/mol. The van der Waals surface area contributed by atoms with E-state index in [1.165, 1.54) is 7.11 Å². The number of ether oxygens (including phenoxy) is 1. The van der Waals surface area contributed by atoms with Crippen LogP contribution in [0.3, 0.4) is 0 Å². The first-order valence-electron chi connectivity index (χ1n) is 6.40. The predicted molar refractivity (Wildman–Crippen MR) is 77.7 cm³/mol. The molecule has 0 bridgehead atoms. The second kappa shape index (κ2) is 5.87. The smallest absolute Gasteiger partial charge is 0.244 e. The van der Waals surface area contributed by atoms with E-state index in [-0.39, 0.29) is 11.4 Å². The number of aryl methyl sites for hydroxylation is 3. The van der Waals surface area contributed by atoms with Gasteiger partial charge in [0.05, 0.1) is 19.3 Å². The fraction of sp³-hybridized carbons (Fsp3) is 0.357. The molecule has 21 heavy (non-hydrogen) atoms. The molecule has 0 amide bonds. The summed E-state index contributed by atoms with van der Waals surface area (Å²) in [6.07, 6.45) is 0. The number of hydrogen-bond donors (Lipinski definition) is 1. The van der Waals surface area contributed by atoms with Gasteiger partial charge in [-0.05, 0) is 44.0 Å². The van der Waals surface area contributed by atoms with Gasteiger partial charge in [-0.15, -0.1) is 0 Å². The van der Waals surface area contributed by atoms with Crippen molar-refractivity contribution in [2.45, 2.75) is 32.2 Å². The van der Waals surface area contributed by atoms with Crippen LogP contribution in [-0.4, -0.2) is 20.7 Å². The standard InChI is InChI=1S/C14H18N2O4S/c1-9-5-13(19-4)14(6-10(9)2)21(17,18)15-8-12-7-11(3)20-16-12/h5-7,15H,8H2,1-4H3. The lowest BCUT2D eigenvalue weighted by molar-refractivity contribution is 0.389. The molecule has 0 fully saturated rings. The first kappa shape index (κ1) is 15.5. The van der Waals surface area contributed by atoms with Gasteiger partial charge >= 0.3 is 0 Å². The van der Waals surface area contributed by atoms with Gasteiger partial charge in [0.25, 0.3) is 0 Å². The van der Waals surface area contributed by atoms with Crippen molar-refractivity contribution in [1.29, 1.82) is 0 Å². The summed E-state index contributed by atoms with van der Waals surface area (Å²) in [4.78, 5) is 0.119. The van der Waals surface area contributed by atoms with Gasteiger partial charge in [0.2, 0.25) is 10.0 Å². The van der Waals surface area contributed by atoms with Crippen molar-refractivity contribution in [2.75, 3.05) is 7.11 Å². The summed E-state index contributed by atoms with van der Waals surface area (Å²) in [6.45, 7) is 5.57. The highest BCUT2D eigenvalue weighted by atomic mass is 32.2. The summed E-state index contributed by atoms with van der Waals surface area (Å²) < 4.78 is 37.4. The van der Waals surface area contributed by atoms with Crippen LogP contribution < -0.4 is 9.46 Å².